The topological polar surface area (TPSA) is 40.5 Å². The Hall–Kier alpha value is -1.23. The van der Waals surface area contributed by atoms with Crippen molar-refractivity contribution in [3.63, 3.8) is 0 Å². The molecule has 2 nitrogen and oxygen atoms in total. The third-order valence-corrected chi connectivity index (χ3v) is 1.73. The van der Waals surface area contributed by atoms with E-state index in [0.717, 1.165) is 0 Å². The fourth-order valence-corrected chi connectivity index (χ4v) is 1.11. The van der Waals surface area contributed by atoms with Gasteiger partial charge in [0.1, 0.15) is 0 Å². The fraction of sp³-hybridized carbons (Fsp3) is 0.333. The molecule has 0 heterocycles. The summed E-state index contributed by atoms with van der Waals surface area (Å²) in [4.78, 5) is 0. The van der Waals surface area contributed by atoms with Crippen molar-refractivity contribution >= 4 is 0 Å². The number of rotatable bonds is 2. The highest BCUT2D eigenvalue weighted by atomic mass is 19.2. The third-order valence-electron chi connectivity index (χ3n) is 1.73. The first-order valence-corrected chi connectivity index (χ1v) is 3.97. The lowest BCUT2D eigenvalue weighted by Gasteiger charge is -2.08. The SMILES string of the molecule is CC(O)Cc1cc(F)c(F)c(F)c1O. The summed E-state index contributed by atoms with van der Waals surface area (Å²) in [6.45, 7) is 1.39. The molecule has 78 valence electrons. The number of phenols is 1. The van der Waals surface area contributed by atoms with Crippen molar-refractivity contribution in [3.05, 3.63) is 29.1 Å². The van der Waals surface area contributed by atoms with Gasteiger partial charge in [-0.05, 0) is 13.0 Å². The molecule has 0 saturated carbocycles. The maximum atomic E-state index is 12.8. The molecule has 2 N–H and O–H groups in total. The molecule has 5 heteroatoms. The maximum absolute atomic E-state index is 12.8. The van der Waals surface area contributed by atoms with E-state index < -0.39 is 29.3 Å². The zero-order chi connectivity index (χ0) is 10.9. The lowest BCUT2D eigenvalue weighted by Crippen LogP contribution is -2.06. The van der Waals surface area contributed by atoms with Crippen molar-refractivity contribution in [3.8, 4) is 5.75 Å². The lowest BCUT2D eigenvalue weighted by molar-refractivity contribution is 0.193. The lowest BCUT2D eigenvalue weighted by atomic mass is 10.1. The molecule has 1 unspecified atom stereocenters. The molecule has 0 saturated heterocycles. The molecule has 14 heavy (non-hydrogen) atoms. The first-order valence-electron chi connectivity index (χ1n) is 3.97. The summed E-state index contributed by atoms with van der Waals surface area (Å²) in [5.41, 5.74) is -0.156. The molecule has 0 spiro atoms. The largest absolute Gasteiger partial charge is 0.505 e. The number of hydrogen-bond donors (Lipinski definition) is 2. The molecule has 0 amide bonds. The maximum Gasteiger partial charge on any atom is 0.203 e. The second-order valence-corrected chi connectivity index (χ2v) is 3.05. The normalized spacial score (nSPS) is 12.9. The van der Waals surface area contributed by atoms with E-state index in [1.807, 2.05) is 0 Å². The summed E-state index contributed by atoms with van der Waals surface area (Å²) in [6, 6.07) is 0.667. The van der Waals surface area contributed by atoms with Crippen LogP contribution < -0.4 is 0 Å². The molecule has 0 bridgehead atoms. The van der Waals surface area contributed by atoms with Crippen molar-refractivity contribution in [1.29, 1.82) is 0 Å². The van der Waals surface area contributed by atoms with E-state index in [2.05, 4.69) is 0 Å². The number of phenolic OH excluding ortho intramolecular Hbond substituents is 1. The minimum Gasteiger partial charge on any atom is -0.505 e. The molecule has 1 aromatic rings. The van der Waals surface area contributed by atoms with Crippen LogP contribution in [-0.2, 0) is 6.42 Å². The van der Waals surface area contributed by atoms with Crippen molar-refractivity contribution in [2.45, 2.75) is 19.4 Å². The molecule has 0 aliphatic heterocycles. The summed E-state index contributed by atoms with van der Waals surface area (Å²) in [7, 11) is 0. The molecule has 0 aliphatic rings. The molecular weight excluding hydrogens is 197 g/mol. The van der Waals surface area contributed by atoms with Gasteiger partial charge < -0.3 is 10.2 Å². The van der Waals surface area contributed by atoms with E-state index in [4.69, 9.17) is 10.2 Å². The van der Waals surface area contributed by atoms with E-state index in [1.54, 1.807) is 0 Å². The van der Waals surface area contributed by atoms with Crippen LogP contribution in [0.15, 0.2) is 6.07 Å². The van der Waals surface area contributed by atoms with E-state index >= 15 is 0 Å². The average molecular weight is 206 g/mol. The molecule has 1 aromatic carbocycles. The number of aliphatic hydroxyl groups is 1. The second-order valence-electron chi connectivity index (χ2n) is 3.05. The van der Waals surface area contributed by atoms with Gasteiger partial charge in [0.2, 0.25) is 5.82 Å². The first kappa shape index (κ1) is 10.8. The summed E-state index contributed by atoms with van der Waals surface area (Å²) in [5.74, 6) is -5.67. The minimum absolute atomic E-state index is 0.139. The molecule has 0 aliphatic carbocycles. The van der Waals surface area contributed by atoms with Crippen LogP contribution in [0.1, 0.15) is 12.5 Å². The van der Waals surface area contributed by atoms with E-state index in [0.29, 0.717) is 6.07 Å². The molecule has 1 atom stereocenters. The highest BCUT2D eigenvalue weighted by Crippen LogP contribution is 2.26. The van der Waals surface area contributed by atoms with Crippen LogP contribution in [0.3, 0.4) is 0 Å². The highest BCUT2D eigenvalue weighted by molar-refractivity contribution is 5.35. The number of aliphatic hydroxyl groups excluding tert-OH is 1. The molecule has 0 radical (unpaired) electrons. The highest BCUT2D eigenvalue weighted by Gasteiger charge is 2.18. The summed E-state index contributed by atoms with van der Waals surface area (Å²) in [6.07, 6.45) is -1.01. The van der Waals surface area contributed by atoms with Crippen LogP contribution in [-0.4, -0.2) is 16.3 Å². The number of benzene rings is 1. The van der Waals surface area contributed by atoms with Gasteiger partial charge in [-0.2, -0.15) is 4.39 Å². The van der Waals surface area contributed by atoms with Crippen molar-refractivity contribution < 1.29 is 23.4 Å². The van der Waals surface area contributed by atoms with Gasteiger partial charge in [-0.1, -0.05) is 0 Å². The number of halogens is 3. The molecule has 0 aromatic heterocycles. The molecule has 1 rings (SSSR count). The van der Waals surface area contributed by atoms with Crippen LogP contribution in [0.2, 0.25) is 0 Å². The Bertz CT molecular complexity index is 350. The summed E-state index contributed by atoms with van der Waals surface area (Å²) < 4.78 is 38.0. The Balaban J connectivity index is 3.19. The Morgan fingerprint density at radius 2 is 1.86 bits per heavy atom. The van der Waals surface area contributed by atoms with Crippen LogP contribution in [0.5, 0.6) is 5.75 Å². The van der Waals surface area contributed by atoms with Gasteiger partial charge >= 0.3 is 0 Å². The van der Waals surface area contributed by atoms with E-state index in [9.17, 15) is 13.2 Å². The molecular formula is C9H9F3O2. The zero-order valence-corrected chi connectivity index (χ0v) is 7.39. The van der Waals surface area contributed by atoms with Gasteiger partial charge in [-0.15, -0.1) is 0 Å². The van der Waals surface area contributed by atoms with Gasteiger partial charge in [-0.25, -0.2) is 8.78 Å². The van der Waals surface area contributed by atoms with Gasteiger partial charge in [0.15, 0.2) is 17.4 Å². The van der Waals surface area contributed by atoms with Crippen LogP contribution in [0, 0.1) is 17.5 Å². The van der Waals surface area contributed by atoms with Gasteiger partial charge in [0.25, 0.3) is 0 Å². The summed E-state index contributed by atoms with van der Waals surface area (Å²) >= 11 is 0. The second kappa shape index (κ2) is 3.88. The van der Waals surface area contributed by atoms with E-state index in [-0.39, 0.29) is 12.0 Å². The van der Waals surface area contributed by atoms with Crippen molar-refractivity contribution in [1.82, 2.24) is 0 Å². The van der Waals surface area contributed by atoms with Gasteiger partial charge in [0.05, 0.1) is 6.10 Å². The summed E-state index contributed by atoms with van der Waals surface area (Å²) in [5, 5.41) is 18.0. The standard InChI is InChI=1S/C9H9F3O2/c1-4(13)2-5-3-6(10)7(11)8(12)9(5)14/h3-4,13-14H,2H2,1H3. The van der Waals surface area contributed by atoms with Gasteiger partial charge in [0, 0.05) is 12.0 Å². The van der Waals surface area contributed by atoms with Crippen molar-refractivity contribution in [2.24, 2.45) is 0 Å². The van der Waals surface area contributed by atoms with Crippen LogP contribution >= 0.6 is 0 Å². The van der Waals surface area contributed by atoms with Crippen LogP contribution in [0.4, 0.5) is 13.2 Å². The smallest absolute Gasteiger partial charge is 0.203 e. The third kappa shape index (κ3) is 1.98. The molecule has 0 fully saturated rings. The predicted molar refractivity (Wildman–Crippen MR) is 43.4 cm³/mol. The first-order chi connectivity index (χ1) is 6.43. The monoisotopic (exact) mass is 206 g/mol. The fourth-order valence-electron chi connectivity index (χ4n) is 1.11. The Kier molecular flexibility index (Phi) is 3.00. The van der Waals surface area contributed by atoms with Gasteiger partial charge in [-0.3, -0.25) is 0 Å². The average Bonchev–Trinajstić information content (AvgIpc) is 2.10. The van der Waals surface area contributed by atoms with Crippen molar-refractivity contribution in [2.75, 3.05) is 0 Å². The van der Waals surface area contributed by atoms with Crippen LogP contribution in [0.25, 0.3) is 0 Å². The minimum atomic E-state index is -1.71. The zero-order valence-electron chi connectivity index (χ0n) is 7.39. The quantitative estimate of drug-likeness (QED) is 0.723. The predicted octanol–water partition coefficient (Wildman–Crippen LogP) is 1.73. The van der Waals surface area contributed by atoms with E-state index in [1.165, 1.54) is 6.92 Å². The number of hydrogen-bond acceptors (Lipinski definition) is 2. The Morgan fingerprint density at radius 1 is 1.29 bits per heavy atom. The Morgan fingerprint density at radius 3 is 2.36 bits per heavy atom. The Labute approximate surface area is 78.6 Å². The number of aromatic hydroxyl groups is 1.